The Hall–Kier alpha value is -0.690. The Morgan fingerprint density at radius 1 is 1.53 bits per heavy atom. The molecule has 1 aromatic rings. The van der Waals surface area contributed by atoms with Crippen LogP contribution in [0.5, 0.6) is 0 Å². The van der Waals surface area contributed by atoms with E-state index in [2.05, 4.69) is 5.32 Å². The van der Waals surface area contributed by atoms with E-state index in [1.807, 2.05) is 7.05 Å². The van der Waals surface area contributed by atoms with Crippen LogP contribution in [0.3, 0.4) is 0 Å². The summed E-state index contributed by atoms with van der Waals surface area (Å²) in [6.45, 7) is 1.72. The second-order valence-corrected chi connectivity index (χ2v) is 6.96. The Morgan fingerprint density at radius 2 is 2.26 bits per heavy atom. The van der Waals surface area contributed by atoms with E-state index >= 15 is 0 Å². The van der Waals surface area contributed by atoms with Crippen LogP contribution in [-0.2, 0) is 10.0 Å². The van der Waals surface area contributed by atoms with Crippen LogP contribution in [0.1, 0.15) is 6.42 Å². The fraction of sp³-hybridized carbons (Fsp3) is 0.500. The smallest absolute Gasteiger partial charge is 0.244 e. The zero-order valence-electron chi connectivity index (χ0n) is 10.6. The summed E-state index contributed by atoms with van der Waals surface area (Å²) in [5.41, 5.74) is 0. The van der Waals surface area contributed by atoms with Crippen molar-refractivity contribution >= 4 is 21.6 Å². The molecule has 1 N–H and O–H groups in total. The molecule has 1 saturated heterocycles. The van der Waals surface area contributed by atoms with Gasteiger partial charge in [0.05, 0.1) is 5.02 Å². The summed E-state index contributed by atoms with van der Waals surface area (Å²) in [6, 6.07) is 3.36. The molecule has 0 radical (unpaired) electrons. The molecule has 1 aliphatic rings. The summed E-state index contributed by atoms with van der Waals surface area (Å²) >= 11 is 5.83. The molecule has 7 heteroatoms. The maximum absolute atomic E-state index is 13.0. The summed E-state index contributed by atoms with van der Waals surface area (Å²) in [5.74, 6) is -0.238. The molecule has 1 aromatic carbocycles. The maximum atomic E-state index is 13.0. The Labute approximate surface area is 117 Å². The second kappa shape index (κ2) is 5.75. The average Bonchev–Trinajstić information content (AvgIpc) is 2.78. The van der Waals surface area contributed by atoms with E-state index in [4.69, 9.17) is 11.6 Å². The zero-order chi connectivity index (χ0) is 14.0. The van der Waals surface area contributed by atoms with Gasteiger partial charge in [-0.25, -0.2) is 12.8 Å². The van der Waals surface area contributed by atoms with Gasteiger partial charge < -0.3 is 5.32 Å². The first kappa shape index (κ1) is 14.7. The van der Waals surface area contributed by atoms with E-state index in [1.54, 1.807) is 0 Å². The highest BCUT2D eigenvalue weighted by molar-refractivity contribution is 7.89. The van der Waals surface area contributed by atoms with Gasteiger partial charge in [-0.1, -0.05) is 11.6 Å². The summed E-state index contributed by atoms with van der Waals surface area (Å²) in [7, 11) is -1.79. The number of hydrogen-bond acceptors (Lipinski definition) is 3. The van der Waals surface area contributed by atoms with Crippen molar-refractivity contribution in [1.29, 1.82) is 0 Å². The molecule has 0 spiro atoms. The van der Waals surface area contributed by atoms with Gasteiger partial charge in [0.2, 0.25) is 10.0 Å². The lowest BCUT2D eigenvalue weighted by molar-refractivity contribution is 0.451. The minimum absolute atomic E-state index is 0.0272. The lowest BCUT2D eigenvalue weighted by atomic mass is 10.1. The fourth-order valence-electron chi connectivity index (χ4n) is 2.29. The van der Waals surface area contributed by atoms with Gasteiger partial charge in [-0.05, 0) is 44.1 Å². The van der Waals surface area contributed by atoms with E-state index < -0.39 is 15.8 Å². The summed E-state index contributed by atoms with van der Waals surface area (Å²) in [4.78, 5) is -0.0272. The van der Waals surface area contributed by atoms with Crippen LogP contribution in [0, 0.1) is 11.7 Å². The molecular weight excluding hydrogens is 291 g/mol. The number of hydrogen-bond donors (Lipinski definition) is 1. The molecule has 0 amide bonds. The van der Waals surface area contributed by atoms with Crippen molar-refractivity contribution in [2.45, 2.75) is 11.3 Å². The molecule has 106 valence electrons. The molecular formula is C12H16ClFN2O2S. The SMILES string of the molecule is CNCC1CCN(S(=O)(=O)c2ccc(F)cc2Cl)C1. The fourth-order valence-corrected chi connectivity index (χ4v) is 4.33. The number of rotatable bonds is 4. The third kappa shape index (κ3) is 3.08. The molecule has 0 aliphatic carbocycles. The van der Waals surface area contributed by atoms with Gasteiger partial charge in [0, 0.05) is 13.1 Å². The van der Waals surface area contributed by atoms with Crippen LogP contribution in [0.25, 0.3) is 0 Å². The van der Waals surface area contributed by atoms with Crippen LogP contribution in [0.15, 0.2) is 23.1 Å². The third-order valence-electron chi connectivity index (χ3n) is 3.25. The highest BCUT2D eigenvalue weighted by atomic mass is 35.5. The molecule has 1 heterocycles. The van der Waals surface area contributed by atoms with Crippen LogP contribution < -0.4 is 5.32 Å². The van der Waals surface area contributed by atoms with Gasteiger partial charge in [-0.15, -0.1) is 0 Å². The normalized spacial score (nSPS) is 20.9. The van der Waals surface area contributed by atoms with Crippen molar-refractivity contribution in [1.82, 2.24) is 9.62 Å². The quantitative estimate of drug-likeness (QED) is 0.921. The standard InChI is InChI=1S/C12H16ClFN2O2S/c1-15-7-9-4-5-16(8-9)19(17,18)12-3-2-10(14)6-11(12)13/h2-3,6,9,15H,4-5,7-8H2,1H3. The van der Waals surface area contributed by atoms with Crippen molar-refractivity contribution in [2.75, 3.05) is 26.7 Å². The lowest BCUT2D eigenvalue weighted by Gasteiger charge is -2.17. The molecule has 1 fully saturated rings. The predicted molar refractivity (Wildman–Crippen MR) is 72.2 cm³/mol. The van der Waals surface area contributed by atoms with E-state index in [1.165, 1.54) is 10.4 Å². The highest BCUT2D eigenvalue weighted by Crippen LogP contribution is 2.29. The molecule has 2 rings (SSSR count). The van der Waals surface area contributed by atoms with Gasteiger partial charge >= 0.3 is 0 Å². The lowest BCUT2D eigenvalue weighted by Crippen LogP contribution is -2.30. The van der Waals surface area contributed by atoms with Gasteiger partial charge in [-0.3, -0.25) is 0 Å². The maximum Gasteiger partial charge on any atom is 0.244 e. The average molecular weight is 307 g/mol. The van der Waals surface area contributed by atoms with Crippen molar-refractivity contribution in [3.63, 3.8) is 0 Å². The number of nitrogens with zero attached hydrogens (tertiary/aromatic N) is 1. The number of benzene rings is 1. The monoisotopic (exact) mass is 306 g/mol. The van der Waals surface area contributed by atoms with Crippen LogP contribution in [-0.4, -0.2) is 39.4 Å². The van der Waals surface area contributed by atoms with Crippen molar-refractivity contribution < 1.29 is 12.8 Å². The van der Waals surface area contributed by atoms with Gasteiger partial charge in [0.1, 0.15) is 10.7 Å². The first-order valence-corrected chi connectivity index (χ1v) is 7.86. The van der Waals surface area contributed by atoms with Crippen LogP contribution in [0.4, 0.5) is 4.39 Å². The first-order valence-electron chi connectivity index (χ1n) is 6.05. The Kier molecular flexibility index (Phi) is 4.45. The van der Waals surface area contributed by atoms with Gasteiger partial charge in [0.25, 0.3) is 0 Å². The summed E-state index contributed by atoms with van der Waals surface area (Å²) in [5, 5.41) is 2.97. The molecule has 0 saturated carbocycles. The molecule has 1 aliphatic heterocycles. The van der Waals surface area contributed by atoms with E-state index in [0.717, 1.165) is 25.1 Å². The summed E-state index contributed by atoms with van der Waals surface area (Å²) in [6.07, 6.45) is 0.818. The van der Waals surface area contributed by atoms with Crippen molar-refractivity contribution in [3.8, 4) is 0 Å². The van der Waals surface area contributed by atoms with Crippen LogP contribution >= 0.6 is 11.6 Å². The molecule has 19 heavy (non-hydrogen) atoms. The number of nitrogens with one attached hydrogen (secondary N) is 1. The third-order valence-corrected chi connectivity index (χ3v) is 5.60. The minimum atomic E-state index is -3.63. The van der Waals surface area contributed by atoms with Crippen molar-refractivity contribution in [3.05, 3.63) is 29.0 Å². The molecule has 0 bridgehead atoms. The van der Waals surface area contributed by atoms with Crippen molar-refractivity contribution in [2.24, 2.45) is 5.92 Å². The molecule has 4 nitrogen and oxygen atoms in total. The van der Waals surface area contributed by atoms with E-state index in [0.29, 0.717) is 19.0 Å². The summed E-state index contributed by atoms with van der Waals surface area (Å²) < 4.78 is 39.2. The van der Waals surface area contributed by atoms with Gasteiger partial charge in [-0.2, -0.15) is 4.31 Å². The topological polar surface area (TPSA) is 49.4 Å². The molecule has 0 aromatic heterocycles. The van der Waals surface area contributed by atoms with E-state index in [-0.39, 0.29) is 9.92 Å². The molecule has 1 atom stereocenters. The molecule has 1 unspecified atom stereocenters. The van der Waals surface area contributed by atoms with Crippen LogP contribution in [0.2, 0.25) is 5.02 Å². The number of sulfonamides is 1. The highest BCUT2D eigenvalue weighted by Gasteiger charge is 2.33. The zero-order valence-corrected chi connectivity index (χ0v) is 12.1. The van der Waals surface area contributed by atoms with Gasteiger partial charge in [0.15, 0.2) is 0 Å². The Balaban J connectivity index is 2.23. The second-order valence-electron chi connectivity index (χ2n) is 4.65. The first-order chi connectivity index (χ1) is 8.95. The van der Waals surface area contributed by atoms with E-state index in [9.17, 15) is 12.8 Å². The minimum Gasteiger partial charge on any atom is -0.319 e. The Bertz CT molecular complexity index is 565. The Morgan fingerprint density at radius 3 is 2.89 bits per heavy atom. The predicted octanol–water partition coefficient (Wildman–Crippen LogP) is 1.71. The largest absolute Gasteiger partial charge is 0.319 e. The number of halogens is 2.